The van der Waals surface area contributed by atoms with E-state index in [-0.39, 0.29) is 6.10 Å². The van der Waals surface area contributed by atoms with Gasteiger partial charge >= 0.3 is 0 Å². The number of hydrogen-bond acceptors (Lipinski definition) is 2. The standard InChI is InChI=1S/C16H22OS/c1-13(2)16(17)10-9-14(3)11-12-18-15-7-5-4-6-8-15/h4-8,16-17H,1,3,9-12H2,2H3. The summed E-state index contributed by atoms with van der Waals surface area (Å²) in [5.41, 5.74) is 2.04. The summed E-state index contributed by atoms with van der Waals surface area (Å²) in [6, 6.07) is 10.4. The van der Waals surface area contributed by atoms with Crippen LogP contribution in [-0.4, -0.2) is 17.0 Å². The highest BCUT2D eigenvalue weighted by Crippen LogP contribution is 2.21. The molecule has 0 saturated heterocycles. The smallest absolute Gasteiger partial charge is 0.0747 e. The third-order valence-corrected chi connectivity index (χ3v) is 3.82. The molecule has 0 amide bonds. The van der Waals surface area contributed by atoms with Gasteiger partial charge < -0.3 is 5.11 Å². The van der Waals surface area contributed by atoms with Crippen molar-refractivity contribution in [2.45, 2.75) is 37.2 Å². The Bertz CT molecular complexity index is 383. The van der Waals surface area contributed by atoms with E-state index in [2.05, 4.69) is 37.4 Å². The lowest BCUT2D eigenvalue weighted by atomic mass is 10.0. The Hall–Kier alpha value is -0.990. The van der Waals surface area contributed by atoms with Crippen molar-refractivity contribution in [1.82, 2.24) is 0 Å². The van der Waals surface area contributed by atoms with E-state index in [9.17, 15) is 5.11 Å². The largest absolute Gasteiger partial charge is 0.389 e. The van der Waals surface area contributed by atoms with Crippen LogP contribution in [0.4, 0.5) is 0 Å². The lowest BCUT2D eigenvalue weighted by molar-refractivity contribution is 0.201. The SMILES string of the molecule is C=C(CCSc1ccccc1)CCC(O)C(=C)C. The number of aliphatic hydroxyl groups is 1. The first-order chi connectivity index (χ1) is 8.59. The van der Waals surface area contributed by atoms with Crippen molar-refractivity contribution in [3.05, 3.63) is 54.6 Å². The van der Waals surface area contributed by atoms with Gasteiger partial charge in [0.15, 0.2) is 0 Å². The van der Waals surface area contributed by atoms with E-state index in [1.54, 1.807) is 0 Å². The minimum atomic E-state index is -0.386. The van der Waals surface area contributed by atoms with Gasteiger partial charge in [-0.05, 0) is 38.3 Å². The van der Waals surface area contributed by atoms with Crippen LogP contribution in [0.5, 0.6) is 0 Å². The van der Waals surface area contributed by atoms with E-state index >= 15 is 0 Å². The predicted octanol–water partition coefficient (Wildman–Crippen LogP) is 4.44. The fraction of sp³-hybridized carbons (Fsp3) is 0.375. The third-order valence-electron chi connectivity index (χ3n) is 2.81. The van der Waals surface area contributed by atoms with Gasteiger partial charge in [0.05, 0.1) is 6.10 Å². The highest BCUT2D eigenvalue weighted by molar-refractivity contribution is 7.99. The maximum atomic E-state index is 9.63. The highest BCUT2D eigenvalue weighted by atomic mass is 32.2. The van der Waals surface area contributed by atoms with Crippen molar-refractivity contribution >= 4 is 11.8 Å². The summed E-state index contributed by atoms with van der Waals surface area (Å²) >= 11 is 1.85. The summed E-state index contributed by atoms with van der Waals surface area (Å²) in [7, 11) is 0. The number of allylic oxidation sites excluding steroid dienone is 1. The Kier molecular flexibility index (Phi) is 6.84. The summed E-state index contributed by atoms with van der Waals surface area (Å²) in [5, 5.41) is 9.63. The van der Waals surface area contributed by atoms with Gasteiger partial charge in [0.25, 0.3) is 0 Å². The van der Waals surface area contributed by atoms with Gasteiger partial charge in [-0.2, -0.15) is 0 Å². The molecule has 0 heterocycles. The quantitative estimate of drug-likeness (QED) is 0.552. The van der Waals surface area contributed by atoms with Crippen LogP contribution in [0, 0.1) is 0 Å². The first kappa shape index (κ1) is 15.1. The average Bonchev–Trinajstić information content (AvgIpc) is 2.37. The van der Waals surface area contributed by atoms with Crippen LogP contribution in [0.25, 0.3) is 0 Å². The Labute approximate surface area is 115 Å². The van der Waals surface area contributed by atoms with Crippen molar-refractivity contribution in [1.29, 1.82) is 0 Å². The number of benzene rings is 1. The van der Waals surface area contributed by atoms with Crippen molar-refractivity contribution in [2.75, 3.05) is 5.75 Å². The van der Waals surface area contributed by atoms with E-state index in [0.717, 1.165) is 30.6 Å². The van der Waals surface area contributed by atoms with E-state index in [1.165, 1.54) is 10.5 Å². The lowest BCUT2D eigenvalue weighted by Crippen LogP contribution is -2.07. The molecule has 0 fully saturated rings. The maximum absolute atomic E-state index is 9.63. The number of rotatable bonds is 8. The summed E-state index contributed by atoms with van der Waals surface area (Å²) in [4.78, 5) is 1.30. The van der Waals surface area contributed by atoms with Crippen LogP contribution in [0.2, 0.25) is 0 Å². The molecular formula is C16H22OS. The second kappa shape index (κ2) is 8.17. The minimum absolute atomic E-state index is 0.386. The number of thioether (sulfide) groups is 1. The summed E-state index contributed by atoms with van der Waals surface area (Å²) in [5.74, 6) is 1.05. The molecule has 0 aliphatic carbocycles. The Morgan fingerprint density at radius 2 is 1.89 bits per heavy atom. The molecule has 1 atom stereocenters. The van der Waals surface area contributed by atoms with Gasteiger partial charge in [-0.15, -0.1) is 11.8 Å². The average molecular weight is 262 g/mol. The molecule has 1 aromatic carbocycles. The Morgan fingerprint density at radius 3 is 2.50 bits per heavy atom. The summed E-state index contributed by atoms with van der Waals surface area (Å²) < 4.78 is 0. The van der Waals surface area contributed by atoms with Crippen LogP contribution < -0.4 is 0 Å². The molecule has 0 saturated carbocycles. The van der Waals surface area contributed by atoms with Crippen molar-refractivity contribution in [3.8, 4) is 0 Å². The van der Waals surface area contributed by atoms with Gasteiger partial charge in [-0.3, -0.25) is 0 Å². The Morgan fingerprint density at radius 1 is 1.22 bits per heavy atom. The van der Waals surface area contributed by atoms with Crippen LogP contribution in [0.1, 0.15) is 26.2 Å². The molecular weight excluding hydrogens is 240 g/mol. The molecule has 1 nitrogen and oxygen atoms in total. The fourth-order valence-electron chi connectivity index (χ4n) is 1.54. The van der Waals surface area contributed by atoms with E-state index < -0.39 is 0 Å². The summed E-state index contributed by atoms with van der Waals surface area (Å²) in [6.45, 7) is 9.67. The number of aliphatic hydroxyl groups excluding tert-OH is 1. The first-order valence-corrected chi connectivity index (χ1v) is 7.26. The summed E-state index contributed by atoms with van der Waals surface area (Å²) in [6.07, 6.45) is 2.24. The van der Waals surface area contributed by atoms with Crippen LogP contribution in [0.3, 0.4) is 0 Å². The zero-order valence-corrected chi connectivity index (χ0v) is 11.9. The molecule has 2 heteroatoms. The van der Waals surface area contributed by atoms with Crippen molar-refractivity contribution < 1.29 is 5.11 Å². The fourth-order valence-corrected chi connectivity index (χ4v) is 2.52. The molecule has 0 aliphatic heterocycles. The molecule has 1 rings (SSSR count). The Balaban J connectivity index is 2.16. The van der Waals surface area contributed by atoms with Crippen LogP contribution in [-0.2, 0) is 0 Å². The highest BCUT2D eigenvalue weighted by Gasteiger charge is 2.05. The molecule has 1 aromatic rings. The monoisotopic (exact) mass is 262 g/mol. The second-order valence-corrected chi connectivity index (χ2v) is 5.73. The van der Waals surface area contributed by atoms with E-state index in [0.29, 0.717) is 0 Å². The molecule has 0 aromatic heterocycles. The van der Waals surface area contributed by atoms with Gasteiger partial charge in [-0.25, -0.2) is 0 Å². The molecule has 1 N–H and O–H groups in total. The van der Waals surface area contributed by atoms with E-state index in [4.69, 9.17) is 0 Å². The zero-order chi connectivity index (χ0) is 13.4. The molecule has 18 heavy (non-hydrogen) atoms. The predicted molar refractivity (Wildman–Crippen MR) is 81.0 cm³/mol. The molecule has 0 radical (unpaired) electrons. The maximum Gasteiger partial charge on any atom is 0.0747 e. The topological polar surface area (TPSA) is 20.2 Å². The van der Waals surface area contributed by atoms with Gasteiger partial charge in [0, 0.05) is 10.6 Å². The first-order valence-electron chi connectivity index (χ1n) is 6.27. The number of hydrogen-bond donors (Lipinski definition) is 1. The minimum Gasteiger partial charge on any atom is -0.389 e. The molecule has 0 aliphatic rings. The lowest BCUT2D eigenvalue weighted by Gasteiger charge is -2.11. The van der Waals surface area contributed by atoms with E-state index in [1.807, 2.05) is 24.8 Å². The molecule has 0 bridgehead atoms. The molecule has 98 valence electrons. The van der Waals surface area contributed by atoms with Gasteiger partial charge in [0.2, 0.25) is 0 Å². The zero-order valence-electron chi connectivity index (χ0n) is 11.1. The van der Waals surface area contributed by atoms with Crippen LogP contribution in [0.15, 0.2) is 59.5 Å². The third kappa shape index (κ3) is 6.08. The van der Waals surface area contributed by atoms with Gasteiger partial charge in [0.1, 0.15) is 0 Å². The van der Waals surface area contributed by atoms with Crippen molar-refractivity contribution in [3.63, 3.8) is 0 Å². The normalized spacial score (nSPS) is 12.1. The molecule has 0 spiro atoms. The molecule has 1 unspecified atom stereocenters. The van der Waals surface area contributed by atoms with Gasteiger partial charge in [-0.1, -0.05) is 42.5 Å². The van der Waals surface area contributed by atoms with Crippen LogP contribution >= 0.6 is 11.8 Å². The second-order valence-electron chi connectivity index (χ2n) is 4.56. The van der Waals surface area contributed by atoms with Crippen molar-refractivity contribution in [2.24, 2.45) is 0 Å².